The number of hydrogen-bond acceptors (Lipinski definition) is 6. The molecule has 0 radical (unpaired) electrons. The molecule has 2 heterocycles. The number of rotatable bonds is 22. The van der Waals surface area contributed by atoms with Crippen molar-refractivity contribution in [3.63, 3.8) is 0 Å². The van der Waals surface area contributed by atoms with E-state index in [-0.39, 0.29) is 37.9 Å². The standard InChI is InChI=1S/C35H52B2O4.C25H12Br4.C19H20Br2O2.CH4/c1-3-5-7-9-11-13-21-35(22-14-12-10-8-6-4-2)33-27-29(36-38-23-15-24-39-36)17-19-31(33)32-20-18-30(28-34(32)35)37-40-25-16-26-41-37;26-13-1-5-17-18-6-2-14(27)10-22(18)25(21(17)9-13)23-11-15(28)3-7-19(23)20-8-4-16(29)12-24(20)25;1-22-9-7-19(8-10-23-2)17-11-13(20)3-5-15(17)16-6-4-14(21)12-18(16)19;/h17-20,27-28H,3-16,21-26H2,1-2H3;1-12H;3-6,11-12H,7-10H2,1-2H3;1H4. The lowest BCUT2D eigenvalue weighted by molar-refractivity contribution is 0.143. The van der Waals surface area contributed by atoms with Crippen molar-refractivity contribution in [3.8, 4) is 44.5 Å². The van der Waals surface area contributed by atoms with E-state index in [0.717, 1.165) is 92.2 Å². The molecule has 0 aromatic heterocycles. The highest BCUT2D eigenvalue weighted by atomic mass is 79.9. The quantitative estimate of drug-likeness (QED) is 0.0498. The van der Waals surface area contributed by atoms with E-state index in [4.69, 9.17) is 28.1 Å². The van der Waals surface area contributed by atoms with Crippen molar-refractivity contribution >= 4 is 121 Å². The van der Waals surface area contributed by atoms with Crippen LogP contribution in [0.5, 0.6) is 0 Å². The fraction of sp³-hybridized carbons (Fsp3) is 0.400. The Morgan fingerprint density at radius 2 is 0.585 bits per heavy atom. The molecule has 0 amide bonds. The van der Waals surface area contributed by atoms with Gasteiger partial charge in [0.15, 0.2) is 0 Å². The molecule has 2 saturated heterocycles. The van der Waals surface area contributed by atoms with Crippen LogP contribution in [0.1, 0.15) is 181 Å². The highest BCUT2D eigenvalue weighted by Gasteiger charge is 2.52. The minimum absolute atomic E-state index is 0. The maximum Gasteiger partial charge on any atom is 0.493 e. The number of hydrogen-bond donors (Lipinski definition) is 0. The summed E-state index contributed by atoms with van der Waals surface area (Å²) in [5, 5.41) is 0. The zero-order valence-electron chi connectivity index (χ0n) is 54.2. The van der Waals surface area contributed by atoms with Crippen LogP contribution in [0.2, 0.25) is 0 Å². The predicted molar refractivity (Wildman–Crippen MR) is 414 cm³/mol. The average molecular weight is 1650 g/mol. The third-order valence-corrected chi connectivity index (χ3v) is 23.4. The average Bonchev–Trinajstić information content (AvgIpc) is 1.51. The Labute approximate surface area is 611 Å². The highest BCUT2D eigenvalue weighted by Crippen LogP contribution is 2.64. The molecular formula is C80H88B2Br6O6. The van der Waals surface area contributed by atoms with Crippen molar-refractivity contribution in [2.45, 2.75) is 153 Å². The summed E-state index contributed by atoms with van der Waals surface area (Å²) in [5.41, 5.74) is 23.6. The van der Waals surface area contributed by atoms with Gasteiger partial charge in [-0.1, -0.05) is 267 Å². The second-order valence-corrected chi connectivity index (χ2v) is 31.5. The summed E-state index contributed by atoms with van der Waals surface area (Å²) in [5.74, 6) is 0. The Morgan fingerprint density at radius 1 is 0.330 bits per heavy atom. The summed E-state index contributed by atoms with van der Waals surface area (Å²) in [6.07, 6.45) is 22.1. The third kappa shape index (κ3) is 14.5. The maximum absolute atomic E-state index is 6.08. The molecule has 6 nitrogen and oxygen atoms in total. The van der Waals surface area contributed by atoms with Crippen LogP contribution in [0.15, 0.2) is 172 Å². The highest BCUT2D eigenvalue weighted by molar-refractivity contribution is 9.11. The van der Waals surface area contributed by atoms with E-state index >= 15 is 0 Å². The van der Waals surface area contributed by atoms with Crippen molar-refractivity contribution in [2.75, 3.05) is 53.9 Å². The van der Waals surface area contributed by atoms with Gasteiger partial charge in [0.2, 0.25) is 0 Å². The zero-order valence-corrected chi connectivity index (χ0v) is 63.7. The molecule has 2 aliphatic heterocycles. The normalized spacial score (nSPS) is 15.9. The fourth-order valence-electron chi connectivity index (χ4n) is 16.0. The van der Waals surface area contributed by atoms with Gasteiger partial charge in [0, 0.05) is 91.5 Å². The van der Waals surface area contributed by atoms with Crippen LogP contribution in [0, 0.1) is 0 Å². The molecule has 94 heavy (non-hydrogen) atoms. The van der Waals surface area contributed by atoms with Gasteiger partial charge in [-0.2, -0.15) is 0 Å². The third-order valence-electron chi connectivity index (χ3n) is 20.4. The van der Waals surface area contributed by atoms with E-state index in [9.17, 15) is 0 Å². The van der Waals surface area contributed by atoms with E-state index in [0.29, 0.717) is 0 Å². The smallest absolute Gasteiger partial charge is 0.407 e. The van der Waals surface area contributed by atoms with Crippen LogP contribution in [0.4, 0.5) is 0 Å². The molecular weight excluding hydrogens is 1560 g/mol. The summed E-state index contributed by atoms with van der Waals surface area (Å²) >= 11 is 22.2. The van der Waals surface area contributed by atoms with Crippen molar-refractivity contribution < 1.29 is 28.1 Å². The number of benzene rings is 8. The lowest BCUT2D eigenvalue weighted by Gasteiger charge is -2.34. The van der Waals surface area contributed by atoms with E-state index in [1.54, 1.807) is 14.2 Å². The number of ether oxygens (including phenoxy) is 2. The van der Waals surface area contributed by atoms with E-state index in [1.807, 2.05) is 0 Å². The van der Waals surface area contributed by atoms with Gasteiger partial charge in [0.05, 0.1) is 5.41 Å². The lowest BCUT2D eigenvalue weighted by atomic mass is 9.67. The minimum Gasteiger partial charge on any atom is -0.407 e. The summed E-state index contributed by atoms with van der Waals surface area (Å²) < 4.78 is 41.8. The number of fused-ring (bicyclic) bond motifs is 16. The van der Waals surface area contributed by atoms with Crippen molar-refractivity contribution in [3.05, 3.63) is 217 Å². The van der Waals surface area contributed by atoms with Gasteiger partial charge in [0.25, 0.3) is 0 Å². The Bertz CT molecular complexity index is 3580. The second kappa shape index (κ2) is 32.7. The van der Waals surface area contributed by atoms with Crippen LogP contribution in [-0.4, -0.2) is 68.1 Å². The fourth-order valence-corrected chi connectivity index (χ4v) is 18.2. The number of methoxy groups -OCH3 is 2. The largest absolute Gasteiger partial charge is 0.493 e. The van der Waals surface area contributed by atoms with Gasteiger partial charge in [0.1, 0.15) is 0 Å². The Balaban J connectivity index is 0.000000149. The molecule has 0 saturated carbocycles. The van der Waals surface area contributed by atoms with Crippen LogP contribution < -0.4 is 10.9 Å². The van der Waals surface area contributed by atoms with Crippen LogP contribution in [-0.2, 0) is 44.3 Å². The lowest BCUT2D eigenvalue weighted by Crippen LogP contribution is -2.42. The monoisotopic (exact) mass is 1640 g/mol. The van der Waals surface area contributed by atoms with Crippen molar-refractivity contribution in [1.29, 1.82) is 0 Å². The van der Waals surface area contributed by atoms with E-state index in [1.165, 1.54) is 190 Å². The molecule has 0 unspecified atom stereocenters. The maximum atomic E-state index is 6.08. The minimum atomic E-state index is -0.337. The molecule has 6 aliphatic rings. The van der Waals surface area contributed by atoms with E-state index < -0.39 is 0 Å². The van der Waals surface area contributed by atoms with Crippen LogP contribution in [0.3, 0.4) is 0 Å². The first-order valence-corrected chi connectivity index (χ1v) is 38.7. The zero-order chi connectivity index (χ0) is 64.7. The first-order valence-electron chi connectivity index (χ1n) is 33.9. The van der Waals surface area contributed by atoms with Gasteiger partial charge in [-0.15, -0.1) is 0 Å². The molecule has 14 heteroatoms. The molecule has 2 fully saturated rings. The van der Waals surface area contributed by atoms with Crippen LogP contribution in [0.25, 0.3) is 44.5 Å². The molecule has 492 valence electrons. The second-order valence-electron chi connectivity index (χ2n) is 26.0. The Hall–Kier alpha value is -3.47. The Kier molecular flexibility index (Phi) is 25.0. The first-order chi connectivity index (χ1) is 45.4. The van der Waals surface area contributed by atoms with Gasteiger partial charge in [-0.3, -0.25) is 0 Å². The Morgan fingerprint density at radius 3 is 0.894 bits per heavy atom. The summed E-state index contributed by atoms with van der Waals surface area (Å²) in [4.78, 5) is 0. The number of unbranched alkanes of at least 4 members (excludes halogenated alkanes) is 10. The van der Waals surface area contributed by atoms with E-state index in [2.05, 4.69) is 255 Å². The SMILES string of the molecule is Brc1ccc2c(c1)C1(c3cc(Br)ccc3-2)c2cc(Br)ccc2-c2ccc(Br)cc21.C.CCCCCCCCC1(CCCCCCCC)c2cc(B3OCCCO3)ccc2-c2ccc(B3OCCCO3)cc21.COCCC1(CCOC)c2cc(Br)ccc2-c2ccc(Br)cc21. The number of halogens is 6. The van der Waals surface area contributed by atoms with Gasteiger partial charge < -0.3 is 28.1 Å². The summed E-state index contributed by atoms with van der Waals surface area (Å²) in [7, 11) is 3.03. The van der Waals surface area contributed by atoms with Gasteiger partial charge in [-0.25, -0.2) is 0 Å². The molecule has 8 aromatic carbocycles. The molecule has 0 bridgehead atoms. The van der Waals surface area contributed by atoms with Crippen molar-refractivity contribution in [1.82, 2.24) is 0 Å². The summed E-state index contributed by atoms with van der Waals surface area (Å²) in [6.45, 7) is 9.14. The van der Waals surface area contributed by atoms with Gasteiger partial charge in [-0.05, 0) is 211 Å². The molecule has 8 aromatic rings. The first kappa shape index (κ1) is 71.8. The van der Waals surface area contributed by atoms with Crippen LogP contribution >= 0.6 is 95.6 Å². The molecule has 1 spiro atoms. The molecule has 0 N–H and O–H groups in total. The van der Waals surface area contributed by atoms with Crippen molar-refractivity contribution in [2.24, 2.45) is 0 Å². The van der Waals surface area contributed by atoms with Gasteiger partial charge >= 0.3 is 14.2 Å². The molecule has 14 rings (SSSR count). The molecule has 4 aliphatic carbocycles. The topological polar surface area (TPSA) is 55.4 Å². The predicted octanol–water partition coefficient (Wildman–Crippen LogP) is 23.0. The molecule has 0 atom stereocenters. The summed E-state index contributed by atoms with van der Waals surface area (Å²) in [6, 6.07) is 54.0.